The predicted molar refractivity (Wildman–Crippen MR) is 65.5 cm³/mol. The van der Waals surface area contributed by atoms with Crippen molar-refractivity contribution < 1.29 is 9.47 Å². The first-order chi connectivity index (χ1) is 7.77. The maximum Gasteiger partial charge on any atom is 0.0700 e. The van der Waals surface area contributed by atoms with E-state index in [1.165, 1.54) is 13.0 Å². The van der Waals surface area contributed by atoms with E-state index < -0.39 is 0 Å². The van der Waals surface area contributed by atoms with Crippen molar-refractivity contribution in [1.82, 2.24) is 4.90 Å². The van der Waals surface area contributed by atoms with Crippen LogP contribution in [0.1, 0.15) is 13.3 Å². The van der Waals surface area contributed by atoms with Crippen molar-refractivity contribution >= 4 is 0 Å². The fourth-order valence-corrected chi connectivity index (χ4v) is 2.17. The lowest BCUT2D eigenvalue weighted by atomic mass is 9.87. The van der Waals surface area contributed by atoms with Crippen molar-refractivity contribution in [2.24, 2.45) is 17.6 Å². The molecule has 1 saturated heterocycles. The minimum atomic E-state index is 0.660. The van der Waals surface area contributed by atoms with E-state index >= 15 is 0 Å². The van der Waals surface area contributed by atoms with Crippen LogP contribution in [0.2, 0.25) is 0 Å². The van der Waals surface area contributed by atoms with Crippen molar-refractivity contribution in [1.29, 1.82) is 0 Å². The molecular weight excluding hydrogens is 204 g/mol. The highest BCUT2D eigenvalue weighted by molar-refractivity contribution is 4.78. The zero-order valence-electron chi connectivity index (χ0n) is 10.7. The number of piperidine rings is 1. The van der Waals surface area contributed by atoms with Crippen LogP contribution in [0.3, 0.4) is 0 Å². The lowest BCUT2D eigenvalue weighted by Crippen LogP contribution is -2.43. The molecule has 1 rings (SSSR count). The molecule has 1 aliphatic rings. The molecule has 4 heteroatoms. The highest BCUT2D eigenvalue weighted by Gasteiger charge is 2.24. The topological polar surface area (TPSA) is 47.7 Å². The fraction of sp³-hybridized carbons (Fsp3) is 1.00. The first kappa shape index (κ1) is 13.9. The van der Waals surface area contributed by atoms with E-state index in [1.54, 1.807) is 7.11 Å². The molecular formula is C12H26N2O2. The Morgan fingerprint density at radius 1 is 1.31 bits per heavy atom. The zero-order chi connectivity index (χ0) is 11.8. The number of hydrogen-bond acceptors (Lipinski definition) is 4. The molecule has 16 heavy (non-hydrogen) atoms. The van der Waals surface area contributed by atoms with Gasteiger partial charge in [-0.1, -0.05) is 6.92 Å². The second-order valence-electron chi connectivity index (χ2n) is 4.67. The number of methoxy groups -OCH3 is 1. The lowest BCUT2D eigenvalue weighted by molar-refractivity contribution is 0.0438. The Morgan fingerprint density at radius 3 is 2.81 bits per heavy atom. The van der Waals surface area contributed by atoms with Crippen molar-refractivity contribution in [3.8, 4) is 0 Å². The van der Waals surface area contributed by atoms with Gasteiger partial charge in [0.2, 0.25) is 0 Å². The molecule has 96 valence electrons. The Kier molecular flexibility index (Phi) is 6.96. The Morgan fingerprint density at radius 2 is 2.12 bits per heavy atom. The van der Waals surface area contributed by atoms with Crippen LogP contribution in [0.4, 0.5) is 0 Å². The molecule has 0 radical (unpaired) electrons. The molecule has 1 aliphatic heterocycles. The van der Waals surface area contributed by atoms with Gasteiger partial charge in [0, 0.05) is 20.2 Å². The summed E-state index contributed by atoms with van der Waals surface area (Å²) in [5.41, 5.74) is 5.78. The van der Waals surface area contributed by atoms with E-state index in [0.717, 1.165) is 32.2 Å². The minimum absolute atomic E-state index is 0.660. The number of likely N-dealkylation sites (tertiary alicyclic amines) is 1. The van der Waals surface area contributed by atoms with Gasteiger partial charge in [-0.15, -0.1) is 0 Å². The second kappa shape index (κ2) is 8.01. The van der Waals surface area contributed by atoms with Gasteiger partial charge in [-0.3, -0.25) is 0 Å². The van der Waals surface area contributed by atoms with Gasteiger partial charge >= 0.3 is 0 Å². The van der Waals surface area contributed by atoms with Crippen LogP contribution in [-0.2, 0) is 9.47 Å². The van der Waals surface area contributed by atoms with E-state index in [9.17, 15) is 0 Å². The van der Waals surface area contributed by atoms with E-state index in [1.807, 2.05) is 0 Å². The zero-order valence-corrected chi connectivity index (χ0v) is 10.7. The first-order valence-electron chi connectivity index (χ1n) is 6.27. The maximum atomic E-state index is 5.78. The molecule has 0 saturated carbocycles. The number of ether oxygens (including phenoxy) is 2. The SMILES string of the molecule is COCCOCCN1CCC(C)C(CN)C1. The van der Waals surface area contributed by atoms with Crippen LogP contribution >= 0.6 is 0 Å². The Labute approximate surface area is 99.1 Å². The molecule has 2 N–H and O–H groups in total. The van der Waals surface area contributed by atoms with Gasteiger partial charge in [0.15, 0.2) is 0 Å². The van der Waals surface area contributed by atoms with E-state index in [4.69, 9.17) is 15.2 Å². The van der Waals surface area contributed by atoms with Gasteiger partial charge in [0.25, 0.3) is 0 Å². The molecule has 1 heterocycles. The molecule has 0 spiro atoms. The van der Waals surface area contributed by atoms with Gasteiger partial charge in [0.05, 0.1) is 19.8 Å². The van der Waals surface area contributed by atoms with Crippen LogP contribution in [0, 0.1) is 11.8 Å². The molecule has 4 nitrogen and oxygen atoms in total. The second-order valence-corrected chi connectivity index (χ2v) is 4.67. The predicted octanol–water partition coefficient (Wildman–Crippen LogP) is 0.566. The summed E-state index contributed by atoms with van der Waals surface area (Å²) in [6.45, 7) is 8.63. The summed E-state index contributed by atoms with van der Waals surface area (Å²) in [4.78, 5) is 2.46. The highest BCUT2D eigenvalue weighted by atomic mass is 16.5. The molecule has 1 fully saturated rings. The summed E-state index contributed by atoms with van der Waals surface area (Å²) in [5.74, 6) is 1.43. The highest BCUT2D eigenvalue weighted by Crippen LogP contribution is 2.21. The van der Waals surface area contributed by atoms with Gasteiger partial charge in [-0.05, 0) is 31.3 Å². The molecule has 0 aromatic heterocycles. The summed E-state index contributed by atoms with van der Waals surface area (Å²) in [5, 5.41) is 0. The van der Waals surface area contributed by atoms with E-state index in [0.29, 0.717) is 19.1 Å². The van der Waals surface area contributed by atoms with Crippen LogP contribution in [0.25, 0.3) is 0 Å². The van der Waals surface area contributed by atoms with Crippen LogP contribution in [-0.4, -0.2) is 58.0 Å². The largest absolute Gasteiger partial charge is 0.382 e. The van der Waals surface area contributed by atoms with Gasteiger partial charge < -0.3 is 20.1 Å². The average molecular weight is 230 g/mol. The van der Waals surface area contributed by atoms with E-state index in [2.05, 4.69) is 11.8 Å². The molecule has 0 aromatic carbocycles. The number of nitrogens with zero attached hydrogens (tertiary/aromatic N) is 1. The Bertz CT molecular complexity index is 178. The standard InChI is InChI=1S/C12H26N2O2/c1-11-3-4-14(10-12(11)9-13)5-6-16-8-7-15-2/h11-12H,3-10,13H2,1-2H3. The third kappa shape index (κ3) is 4.78. The summed E-state index contributed by atoms with van der Waals surface area (Å²) >= 11 is 0. The van der Waals surface area contributed by atoms with Gasteiger partial charge in [-0.25, -0.2) is 0 Å². The third-order valence-electron chi connectivity index (χ3n) is 3.48. The number of nitrogens with two attached hydrogens (primary N) is 1. The maximum absolute atomic E-state index is 5.78. The van der Waals surface area contributed by atoms with Crippen molar-refractivity contribution in [2.45, 2.75) is 13.3 Å². The van der Waals surface area contributed by atoms with Crippen molar-refractivity contribution in [3.63, 3.8) is 0 Å². The molecule has 0 aliphatic carbocycles. The molecule has 0 bridgehead atoms. The van der Waals surface area contributed by atoms with Gasteiger partial charge in [0.1, 0.15) is 0 Å². The summed E-state index contributed by atoms with van der Waals surface area (Å²) in [7, 11) is 1.70. The van der Waals surface area contributed by atoms with Crippen LogP contribution in [0.15, 0.2) is 0 Å². The minimum Gasteiger partial charge on any atom is -0.382 e. The van der Waals surface area contributed by atoms with Crippen LogP contribution < -0.4 is 5.73 Å². The summed E-state index contributed by atoms with van der Waals surface area (Å²) < 4.78 is 10.4. The van der Waals surface area contributed by atoms with Gasteiger partial charge in [-0.2, -0.15) is 0 Å². The average Bonchev–Trinajstić information content (AvgIpc) is 2.31. The van der Waals surface area contributed by atoms with Crippen molar-refractivity contribution in [3.05, 3.63) is 0 Å². The summed E-state index contributed by atoms with van der Waals surface area (Å²) in [6.07, 6.45) is 1.26. The number of hydrogen-bond donors (Lipinski definition) is 1. The fourth-order valence-electron chi connectivity index (χ4n) is 2.17. The molecule has 0 amide bonds. The summed E-state index contributed by atoms with van der Waals surface area (Å²) in [6, 6.07) is 0. The monoisotopic (exact) mass is 230 g/mol. The normalized spacial score (nSPS) is 27.2. The molecule has 0 aromatic rings. The third-order valence-corrected chi connectivity index (χ3v) is 3.48. The van der Waals surface area contributed by atoms with Crippen molar-refractivity contribution in [2.75, 3.05) is 53.1 Å². The number of rotatable bonds is 7. The Balaban J connectivity index is 2.08. The van der Waals surface area contributed by atoms with Crippen LogP contribution in [0.5, 0.6) is 0 Å². The quantitative estimate of drug-likeness (QED) is 0.649. The Hall–Kier alpha value is -0.160. The smallest absolute Gasteiger partial charge is 0.0700 e. The lowest BCUT2D eigenvalue weighted by Gasteiger charge is -2.36. The van der Waals surface area contributed by atoms with E-state index in [-0.39, 0.29) is 0 Å². The molecule has 2 atom stereocenters. The first-order valence-corrected chi connectivity index (χ1v) is 6.27. The molecule has 2 unspecified atom stereocenters.